The molecule has 3 rings (SSSR count). The second kappa shape index (κ2) is 3.27. The van der Waals surface area contributed by atoms with E-state index in [4.69, 9.17) is 5.11 Å². The molecule has 0 unspecified atom stereocenters. The smallest absolute Gasteiger partial charge is 0.309 e. The van der Waals surface area contributed by atoms with E-state index < -0.39 is 5.97 Å². The molecule has 3 saturated heterocycles. The lowest BCUT2D eigenvalue weighted by Crippen LogP contribution is -2.67. The second-order valence-electron chi connectivity index (χ2n) is 4.22. The van der Waals surface area contributed by atoms with E-state index in [1.54, 1.807) is 0 Å². The highest BCUT2D eigenvalue weighted by Crippen LogP contribution is 2.19. The number of carboxylic acid groups (broad SMARTS) is 1. The first-order valence-corrected chi connectivity index (χ1v) is 4.99. The summed E-state index contributed by atoms with van der Waals surface area (Å²) in [5.41, 5.74) is 0. The van der Waals surface area contributed by atoms with Crippen LogP contribution in [-0.2, 0) is 4.79 Å². The number of aliphatic carboxylic acids is 1. The Hall–Kier alpha value is -0.610. The number of quaternary nitrogens is 1. The van der Waals surface area contributed by atoms with E-state index in [1.165, 1.54) is 19.6 Å². The van der Waals surface area contributed by atoms with Crippen molar-refractivity contribution in [2.75, 3.05) is 45.8 Å². The van der Waals surface area contributed by atoms with Crippen molar-refractivity contribution in [3.05, 3.63) is 0 Å². The van der Waals surface area contributed by atoms with Crippen LogP contribution in [0.15, 0.2) is 0 Å². The Balaban J connectivity index is 1.91. The first kappa shape index (κ1) is 8.97. The minimum absolute atomic E-state index is 0.333. The first-order valence-electron chi connectivity index (χ1n) is 4.99. The van der Waals surface area contributed by atoms with E-state index in [1.807, 2.05) is 0 Å². The molecule has 3 aliphatic rings. The van der Waals surface area contributed by atoms with Crippen molar-refractivity contribution >= 4 is 5.97 Å². The summed E-state index contributed by atoms with van der Waals surface area (Å²) in [5, 5.41) is 8.65. The van der Waals surface area contributed by atoms with Crippen LogP contribution in [0.1, 0.15) is 6.42 Å². The van der Waals surface area contributed by atoms with Gasteiger partial charge in [-0.2, -0.15) is 0 Å². The normalized spacial score (nSPS) is 37.7. The molecule has 3 heterocycles. The van der Waals surface area contributed by atoms with Crippen molar-refractivity contribution in [1.82, 2.24) is 4.90 Å². The fraction of sp³-hybridized carbons (Fsp3) is 0.889. The van der Waals surface area contributed by atoms with Gasteiger partial charge in [-0.25, -0.2) is 0 Å². The molecule has 0 spiro atoms. The zero-order valence-electron chi connectivity index (χ0n) is 7.91. The van der Waals surface area contributed by atoms with Gasteiger partial charge in [0, 0.05) is 19.6 Å². The molecule has 2 bridgehead atoms. The fourth-order valence-electron chi connectivity index (χ4n) is 2.40. The average molecular weight is 185 g/mol. The topological polar surface area (TPSA) is 40.5 Å². The number of hydrogen-bond acceptors (Lipinski definition) is 2. The monoisotopic (exact) mass is 185 g/mol. The molecule has 13 heavy (non-hydrogen) atoms. The third-order valence-corrected chi connectivity index (χ3v) is 3.47. The minimum atomic E-state index is -0.652. The maximum Gasteiger partial charge on any atom is 0.309 e. The van der Waals surface area contributed by atoms with Gasteiger partial charge in [-0.15, -0.1) is 0 Å². The summed E-state index contributed by atoms with van der Waals surface area (Å²) in [5.74, 6) is -0.652. The Bertz CT molecular complexity index is 196. The lowest BCUT2D eigenvalue weighted by Gasteiger charge is -2.50. The van der Waals surface area contributed by atoms with E-state index in [2.05, 4.69) is 4.90 Å². The van der Waals surface area contributed by atoms with E-state index in [0.717, 1.165) is 30.7 Å². The third-order valence-electron chi connectivity index (χ3n) is 3.47. The highest BCUT2D eigenvalue weighted by molar-refractivity contribution is 5.66. The summed E-state index contributed by atoms with van der Waals surface area (Å²) in [4.78, 5) is 13.0. The fourth-order valence-corrected chi connectivity index (χ4v) is 2.40. The van der Waals surface area contributed by atoms with Crippen LogP contribution in [0.5, 0.6) is 0 Å². The molecule has 4 nitrogen and oxygen atoms in total. The van der Waals surface area contributed by atoms with Crippen molar-refractivity contribution in [3.8, 4) is 0 Å². The summed E-state index contributed by atoms with van der Waals surface area (Å²) in [6.45, 7) is 7.82. The summed E-state index contributed by atoms with van der Waals surface area (Å²) < 4.78 is 1.06. The summed E-state index contributed by atoms with van der Waals surface area (Å²) in [7, 11) is 0. The van der Waals surface area contributed by atoms with Crippen molar-refractivity contribution in [2.45, 2.75) is 6.42 Å². The van der Waals surface area contributed by atoms with Crippen molar-refractivity contribution < 1.29 is 14.4 Å². The quantitative estimate of drug-likeness (QED) is 0.609. The molecule has 0 saturated carbocycles. The van der Waals surface area contributed by atoms with E-state index in [9.17, 15) is 4.79 Å². The molecule has 3 fully saturated rings. The van der Waals surface area contributed by atoms with Crippen LogP contribution in [0, 0.1) is 0 Å². The van der Waals surface area contributed by atoms with Crippen LogP contribution in [0.25, 0.3) is 0 Å². The molecule has 0 amide bonds. The number of carbonyl (C=O) groups is 1. The van der Waals surface area contributed by atoms with E-state index in [-0.39, 0.29) is 0 Å². The average Bonchev–Trinajstić information content (AvgIpc) is 2.18. The van der Waals surface area contributed by atoms with Gasteiger partial charge in [0.25, 0.3) is 0 Å². The van der Waals surface area contributed by atoms with E-state index in [0.29, 0.717) is 6.42 Å². The number of fused-ring (bicyclic) bond motifs is 3. The number of rotatable bonds is 3. The highest BCUT2D eigenvalue weighted by Gasteiger charge is 2.38. The molecule has 0 atom stereocenters. The molecule has 4 heteroatoms. The van der Waals surface area contributed by atoms with Gasteiger partial charge in [0.15, 0.2) is 0 Å². The Labute approximate surface area is 78.3 Å². The molecular weight excluding hydrogens is 168 g/mol. The molecule has 0 aromatic carbocycles. The van der Waals surface area contributed by atoms with Gasteiger partial charge in [-0.1, -0.05) is 0 Å². The third kappa shape index (κ3) is 1.84. The molecule has 0 aliphatic carbocycles. The molecule has 1 N–H and O–H groups in total. The zero-order chi connectivity index (χ0) is 9.31. The van der Waals surface area contributed by atoms with Crippen LogP contribution >= 0.6 is 0 Å². The standard InChI is InChI=1S/C9H16N2O2/c12-9(13)1-5-11-6-2-10(3-7-11)4-8-11/h1-8H2/p+1. The first-order chi connectivity index (χ1) is 6.20. The highest BCUT2D eigenvalue weighted by atomic mass is 16.4. The predicted molar refractivity (Wildman–Crippen MR) is 48.4 cm³/mol. The van der Waals surface area contributed by atoms with Crippen LogP contribution in [0.2, 0.25) is 0 Å². The molecule has 0 radical (unpaired) electrons. The van der Waals surface area contributed by atoms with Crippen LogP contribution in [0.4, 0.5) is 0 Å². The maximum absolute atomic E-state index is 10.5. The Morgan fingerprint density at radius 2 is 1.77 bits per heavy atom. The van der Waals surface area contributed by atoms with Gasteiger partial charge in [0.1, 0.15) is 0 Å². The molecule has 74 valence electrons. The number of nitrogens with zero attached hydrogens (tertiary/aromatic N) is 2. The van der Waals surface area contributed by atoms with Crippen molar-refractivity contribution in [1.29, 1.82) is 0 Å². The Kier molecular flexibility index (Phi) is 2.26. The lowest BCUT2D eigenvalue weighted by atomic mass is 10.1. The molecule has 3 aliphatic heterocycles. The lowest BCUT2D eigenvalue weighted by molar-refractivity contribution is -0.940. The molecule has 0 aromatic heterocycles. The SMILES string of the molecule is O=C(O)CC[N+]12CCN(CC1)CC2. The largest absolute Gasteiger partial charge is 0.481 e. The van der Waals surface area contributed by atoms with Gasteiger partial charge in [-0.3, -0.25) is 9.69 Å². The van der Waals surface area contributed by atoms with Gasteiger partial charge < -0.3 is 9.59 Å². The summed E-state index contributed by atoms with van der Waals surface area (Å²) in [6.07, 6.45) is 0.333. The predicted octanol–water partition coefficient (Wildman–Crippen LogP) is -0.393. The van der Waals surface area contributed by atoms with Crippen LogP contribution in [0.3, 0.4) is 0 Å². The zero-order valence-corrected chi connectivity index (χ0v) is 7.91. The number of carboxylic acids is 1. The van der Waals surface area contributed by atoms with Gasteiger partial charge in [-0.05, 0) is 0 Å². The Morgan fingerprint density at radius 3 is 2.23 bits per heavy atom. The number of piperazine rings is 3. The van der Waals surface area contributed by atoms with E-state index >= 15 is 0 Å². The van der Waals surface area contributed by atoms with Crippen LogP contribution < -0.4 is 0 Å². The summed E-state index contributed by atoms with van der Waals surface area (Å²) in [6, 6.07) is 0. The van der Waals surface area contributed by atoms with Gasteiger partial charge in [0.05, 0.1) is 32.6 Å². The van der Waals surface area contributed by atoms with Gasteiger partial charge >= 0.3 is 5.97 Å². The molecule has 0 aromatic rings. The van der Waals surface area contributed by atoms with Crippen LogP contribution in [-0.4, -0.2) is 66.3 Å². The second-order valence-corrected chi connectivity index (χ2v) is 4.22. The maximum atomic E-state index is 10.5. The van der Waals surface area contributed by atoms with Crippen molar-refractivity contribution in [3.63, 3.8) is 0 Å². The van der Waals surface area contributed by atoms with Gasteiger partial charge in [0.2, 0.25) is 0 Å². The molecular formula is C9H17N2O2+. The minimum Gasteiger partial charge on any atom is -0.481 e. The Morgan fingerprint density at radius 1 is 1.23 bits per heavy atom. The van der Waals surface area contributed by atoms with Crippen molar-refractivity contribution in [2.24, 2.45) is 0 Å². The number of hydrogen-bond donors (Lipinski definition) is 1. The summed E-state index contributed by atoms with van der Waals surface area (Å²) >= 11 is 0.